The van der Waals surface area contributed by atoms with Crippen molar-refractivity contribution in [2.24, 2.45) is 0 Å². The van der Waals surface area contributed by atoms with Gasteiger partial charge in [0.15, 0.2) is 0 Å². The number of nitrogens with one attached hydrogen (secondary N) is 1. The summed E-state index contributed by atoms with van der Waals surface area (Å²) in [6, 6.07) is 10.6. The Hall–Kier alpha value is -1.98. The first-order valence-electron chi connectivity index (χ1n) is 9.08. The Morgan fingerprint density at radius 2 is 1.84 bits per heavy atom. The van der Waals surface area contributed by atoms with Crippen LogP contribution in [-0.2, 0) is 29.0 Å². The summed E-state index contributed by atoms with van der Waals surface area (Å²) in [5.41, 5.74) is 3.50. The molecule has 1 saturated heterocycles. The second-order valence-electron chi connectivity index (χ2n) is 6.44. The van der Waals surface area contributed by atoms with Crippen molar-refractivity contribution in [2.45, 2.75) is 52.4 Å². The molecule has 1 aliphatic heterocycles. The molecule has 3 rings (SSSR count). The number of aryl methyl sites for hydroxylation is 2. The third-order valence-corrected chi connectivity index (χ3v) is 4.40. The van der Waals surface area contributed by atoms with Crippen LogP contribution in [-0.4, -0.2) is 29.3 Å². The lowest BCUT2D eigenvalue weighted by atomic mass is 10.1. The van der Waals surface area contributed by atoms with Crippen molar-refractivity contribution in [2.75, 3.05) is 18.5 Å². The predicted molar refractivity (Wildman–Crippen MR) is 98.5 cm³/mol. The monoisotopic (exact) mass is 341 g/mol. The average molecular weight is 341 g/mol. The SMILES string of the molecule is CCc1cc(NCc2ccc(COC3CCOCC3)cc2)nc(C)n1. The molecule has 5 heteroatoms. The summed E-state index contributed by atoms with van der Waals surface area (Å²) in [5.74, 6) is 1.69. The van der Waals surface area contributed by atoms with Crippen molar-refractivity contribution in [3.05, 3.63) is 53.0 Å². The maximum absolute atomic E-state index is 5.96. The van der Waals surface area contributed by atoms with Gasteiger partial charge in [0, 0.05) is 31.5 Å². The minimum atomic E-state index is 0.337. The topological polar surface area (TPSA) is 56.3 Å². The summed E-state index contributed by atoms with van der Waals surface area (Å²) in [4.78, 5) is 8.85. The van der Waals surface area contributed by atoms with Gasteiger partial charge in [-0.25, -0.2) is 9.97 Å². The maximum Gasteiger partial charge on any atom is 0.130 e. The van der Waals surface area contributed by atoms with Gasteiger partial charge in [0.05, 0.1) is 12.7 Å². The Kier molecular flexibility index (Phi) is 6.36. The van der Waals surface area contributed by atoms with Crippen LogP contribution in [0.15, 0.2) is 30.3 Å². The first-order valence-corrected chi connectivity index (χ1v) is 9.08. The molecular weight excluding hydrogens is 314 g/mol. The molecule has 1 aromatic carbocycles. The van der Waals surface area contributed by atoms with E-state index in [0.29, 0.717) is 12.7 Å². The molecule has 0 amide bonds. The van der Waals surface area contributed by atoms with E-state index in [-0.39, 0.29) is 0 Å². The average Bonchev–Trinajstić information content (AvgIpc) is 2.66. The van der Waals surface area contributed by atoms with Gasteiger partial charge in [0.2, 0.25) is 0 Å². The number of anilines is 1. The molecule has 0 spiro atoms. The van der Waals surface area contributed by atoms with Crippen LogP contribution >= 0.6 is 0 Å². The number of hydrogen-bond donors (Lipinski definition) is 1. The van der Waals surface area contributed by atoms with Crippen LogP contribution in [0, 0.1) is 6.92 Å². The van der Waals surface area contributed by atoms with Gasteiger partial charge >= 0.3 is 0 Å². The maximum atomic E-state index is 5.96. The van der Waals surface area contributed by atoms with Gasteiger partial charge in [-0.2, -0.15) is 0 Å². The highest BCUT2D eigenvalue weighted by Gasteiger charge is 2.13. The molecule has 0 radical (unpaired) electrons. The Labute approximate surface area is 149 Å². The molecule has 25 heavy (non-hydrogen) atoms. The van der Waals surface area contributed by atoms with Crippen LogP contribution in [0.2, 0.25) is 0 Å². The molecule has 5 nitrogen and oxygen atoms in total. The largest absolute Gasteiger partial charge is 0.381 e. The molecule has 2 aromatic rings. The number of nitrogens with zero attached hydrogens (tertiary/aromatic N) is 2. The summed E-state index contributed by atoms with van der Waals surface area (Å²) in [5, 5.41) is 3.38. The highest BCUT2D eigenvalue weighted by Crippen LogP contribution is 2.15. The first kappa shape index (κ1) is 17.8. The van der Waals surface area contributed by atoms with E-state index < -0.39 is 0 Å². The number of rotatable bonds is 7. The van der Waals surface area contributed by atoms with Gasteiger partial charge < -0.3 is 14.8 Å². The molecule has 1 aliphatic rings. The zero-order chi connectivity index (χ0) is 17.5. The second-order valence-corrected chi connectivity index (χ2v) is 6.44. The van der Waals surface area contributed by atoms with Crippen LogP contribution in [0.3, 0.4) is 0 Å². The fourth-order valence-corrected chi connectivity index (χ4v) is 2.90. The van der Waals surface area contributed by atoms with E-state index in [4.69, 9.17) is 9.47 Å². The molecule has 0 bridgehead atoms. The molecule has 0 atom stereocenters. The zero-order valence-electron chi connectivity index (χ0n) is 15.1. The molecule has 1 N–H and O–H groups in total. The van der Waals surface area contributed by atoms with Crippen molar-refractivity contribution in [3.63, 3.8) is 0 Å². The Bertz CT molecular complexity index is 667. The molecule has 0 unspecified atom stereocenters. The molecule has 1 fully saturated rings. The van der Waals surface area contributed by atoms with E-state index in [0.717, 1.165) is 56.4 Å². The van der Waals surface area contributed by atoms with E-state index in [9.17, 15) is 0 Å². The fourth-order valence-electron chi connectivity index (χ4n) is 2.90. The zero-order valence-corrected chi connectivity index (χ0v) is 15.1. The number of benzene rings is 1. The van der Waals surface area contributed by atoms with Crippen LogP contribution in [0.1, 0.15) is 42.4 Å². The lowest BCUT2D eigenvalue weighted by Crippen LogP contribution is -2.23. The molecule has 134 valence electrons. The van der Waals surface area contributed by atoms with Gasteiger partial charge in [-0.15, -0.1) is 0 Å². The number of ether oxygens (including phenoxy) is 2. The van der Waals surface area contributed by atoms with Gasteiger partial charge in [-0.1, -0.05) is 31.2 Å². The van der Waals surface area contributed by atoms with Crippen LogP contribution in [0.5, 0.6) is 0 Å². The van der Waals surface area contributed by atoms with Crippen molar-refractivity contribution >= 4 is 5.82 Å². The van der Waals surface area contributed by atoms with Gasteiger partial charge in [-0.05, 0) is 37.3 Å². The Morgan fingerprint density at radius 3 is 2.56 bits per heavy atom. The van der Waals surface area contributed by atoms with Gasteiger partial charge in [0.25, 0.3) is 0 Å². The molecule has 1 aromatic heterocycles. The van der Waals surface area contributed by atoms with E-state index in [1.165, 1.54) is 11.1 Å². The normalized spacial score (nSPS) is 15.3. The summed E-state index contributed by atoms with van der Waals surface area (Å²) in [6.45, 7) is 7.09. The van der Waals surface area contributed by atoms with Gasteiger partial charge in [0.1, 0.15) is 11.6 Å². The molecule has 0 saturated carbocycles. The minimum absolute atomic E-state index is 0.337. The highest BCUT2D eigenvalue weighted by molar-refractivity contribution is 5.37. The van der Waals surface area contributed by atoms with Crippen LogP contribution in [0.25, 0.3) is 0 Å². The Balaban J connectivity index is 1.49. The lowest BCUT2D eigenvalue weighted by molar-refractivity contribution is -0.0390. The van der Waals surface area contributed by atoms with E-state index in [2.05, 4.69) is 46.5 Å². The smallest absolute Gasteiger partial charge is 0.130 e. The van der Waals surface area contributed by atoms with E-state index in [1.807, 2.05) is 13.0 Å². The lowest BCUT2D eigenvalue weighted by Gasteiger charge is -2.22. The van der Waals surface area contributed by atoms with E-state index >= 15 is 0 Å². The molecule has 0 aliphatic carbocycles. The van der Waals surface area contributed by atoms with Crippen molar-refractivity contribution in [3.8, 4) is 0 Å². The number of hydrogen-bond acceptors (Lipinski definition) is 5. The van der Waals surface area contributed by atoms with Crippen molar-refractivity contribution < 1.29 is 9.47 Å². The summed E-state index contributed by atoms with van der Waals surface area (Å²) in [7, 11) is 0. The third-order valence-electron chi connectivity index (χ3n) is 4.40. The quantitative estimate of drug-likeness (QED) is 0.833. The van der Waals surface area contributed by atoms with E-state index in [1.54, 1.807) is 0 Å². The van der Waals surface area contributed by atoms with Gasteiger partial charge in [-0.3, -0.25) is 0 Å². The molecule has 2 heterocycles. The summed E-state index contributed by atoms with van der Waals surface area (Å²) < 4.78 is 11.3. The highest BCUT2D eigenvalue weighted by atomic mass is 16.5. The Morgan fingerprint density at radius 1 is 1.12 bits per heavy atom. The predicted octanol–water partition coefficient (Wildman–Crippen LogP) is 3.66. The first-order chi connectivity index (χ1) is 12.2. The fraction of sp³-hybridized carbons (Fsp3) is 0.500. The summed E-state index contributed by atoms with van der Waals surface area (Å²) >= 11 is 0. The summed E-state index contributed by atoms with van der Waals surface area (Å²) in [6.07, 6.45) is 3.25. The molecular formula is C20H27N3O2. The number of aromatic nitrogens is 2. The third kappa shape index (κ3) is 5.51. The van der Waals surface area contributed by atoms with Crippen molar-refractivity contribution in [1.29, 1.82) is 0 Å². The van der Waals surface area contributed by atoms with Crippen molar-refractivity contribution in [1.82, 2.24) is 9.97 Å². The van der Waals surface area contributed by atoms with Crippen LogP contribution in [0.4, 0.5) is 5.82 Å². The van der Waals surface area contributed by atoms with Crippen LogP contribution < -0.4 is 5.32 Å². The standard InChI is InChI=1S/C20H27N3O2/c1-3-18-12-20(23-15(2)22-18)21-13-16-4-6-17(7-5-16)14-25-19-8-10-24-11-9-19/h4-7,12,19H,3,8-11,13-14H2,1-2H3,(H,21,22,23). The second kappa shape index (κ2) is 8.92. The minimum Gasteiger partial charge on any atom is -0.381 e.